The van der Waals surface area contributed by atoms with E-state index in [4.69, 9.17) is 0 Å². The minimum absolute atomic E-state index is 0.0779. The van der Waals surface area contributed by atoms with Crippen molar-refractivity contribution in [2.45, 2.75) is 13.0 Å². The molecule has 1 aromatic carbocycles. The van der Waals surface area contributed by atoms with Gasteiger partial charge in [-0.25, -0.2) is 15.6 Å². The summed E-state index contributed by atoms with van der Waals surface area (Å²) in [6, 6.07) is 9.03. The van der Waals surface area contributed by atoms with Crippen LogP contribution in [-0.2, 0) is 21.2 Å². The molecule has 0 aliphatic carbocycles. The van der Waals surface area contributed by atoms with Gasteiger partial charge in [-0.3, -0.25) is 10.1 Å². The standard InChI is InChI=1S/C8H10N2O5/c9-14-8(10(11)12)15-13-6-7-4-2-1-3-5-7/h1-5,8H,6,9H2. The van der Waals surface area contributed by atoms with Crippen molar-refractivity contribution in [1.82, 2.24) is 0 Å². The van der Waals surface area contributed by atoms with Crippen LogP contribution in [0.25, 0.3) is 0 Å². The molecule has 7 heteroatoms. The van der Waals surface area contributed by atoms with E-state index in [9.17, 15) is 10.1 Å². The molecule has 0 saturated heterocycles. The highest BCUT2D eigenvalue weighted by Gasteiger charge is 2.21. The number of hydrogen-bond donors (Lipinski definition) is 1. The molecule has 0 fully saturated rings. The van der Waals surface area contributed by atoms with E-state index in [2.05, 4.69) is 20.5 Å². The summed E-state index contributed by atoms with van der Waals surface area (Å²) < 4.78 is 0. The van der Waals surface area contributed by atoms with Gasteiger partial charge in [0.1, 0.15) is 6.61 Å². The maximum absolute atomic E-state index is 10.2. The first-order valence-electron chi connectivity index (χ1n) is 4.05. The summed E-state index contributed by atoms with van der Waals surface area (Å²) in [6.07, 6.45) is -1.81. The largest absolute Gasteiger partial charge is 0.473 e. The molecule has 0 aromatic heterocycles. The molecule has 82 valence electrons. The smallest absolute Gasteiger partial charge is 0.260 e. The Kier molecular flexibility index (Phi) is 4.64. The molecule has 0 spiro atoms. The van der Waals surface area contributed by atoms with Gasteiger partial charge in [0, 0.05) is 0 Å². The number of nitrogens with two attached hydrogens (primary N) is 1. The fraction of sp³-hybridized carbons (Fsp3) is 0.250. The molecule has 0 aliphatic rings. The Hall–Kier alpha value is -1.54. The van der Waals surface area contributed by atoms with Gasteiger partial charge in [0.2, 0.25) is 0 Å². The van der Waals surface area contributed by atoms with Crippen LogP contribution in [-0.4, -0.2) is 11.3 Å². The van der Waals surface area contributed by atoms with Gasteiger partial charge in [-0.15, -0.1) is 4.89 Å². The number of rotatable bonds is 6. The van der Waals surface area contributed by atoms with Gasteiger partial charge in [-0.05, 0) is 5.56 Å². The maximum Gasteiger partial charge on any atom is 0.473 e. The summed E-state index contributed by atoms with van der Waals surface area (Å²) >= 11 is 0. The minimum Gasteiger partial charge on any atom is -0.260 e. The Bertz CT molecular complexity index is 305. The Labute approximate surface area is 85.4 Å². The van der Waals surface area contributed by atoms with Gasteiger partial charge >= 0.3 is 6.41 Å². The quantitative estimate of drug-likeness (QED) is 0.322. The van der Waals surface area contributed by atoms with Gasteiger partial charge in [0.15, 0.2) is 0 Å². The van der Waals surface area contributed by atoms with Crippen LogP contribution in [0.3, 0.4) is 0 Å². The number of nitrogens with zero attached hydrogens (tertiary/aromatic N) is 1. The second-order valence-corrected chi connectivity index (χ2v) is 2.57. The van der Waals surface area contributed by atoms with E-state index in [1.165, 1.54) is 0 Å². The Morgan fingerprint density at radius 3 is 2.60 bits per heavy atom. The predicted octanol–water partition coefficient (Wildman–Crippen LogP) is 0.585. The van der Waals surface area contributed by atoms with E-state index in [1.807, 2.05) is 18.2 Å². The summed E-state index contributed by atoms with van der Waals surface area (Å²) in [5, 5.41) is 10.2. The van der Waals surface area contributed by atoms with E-state index in [0.717, 1.165) is 5.56 Å². The van der Waals surface area contributed by atoms with Crippen molar-refractivity contribution in [2.24, 2.45) is 5.90 Å². The summed E-state index contributed by atoms with van der Waals surface area (Å²) in [5.41, 5.74) is 0.816. The summed E-state index contributed by atoms with van der Waals surface area (Å²) in [5.74, 6) is 4.61. The zero-order valence-electron chi connectivity index (χ0n) is 7.74. The van der Waals surface area contributed by atoms with Crippen molar-refractivity contribution in [3.8, 4) is 0 Å². The molecule has 0 amide bonds. The average Bonchev–Trinajstić information content (AvgIpc) is 2.25. The van der Waals surface area contributed by atoms with Crippen molar-refractivity contribution in [1.29, 1.82) is 0 Å². The molecule has 0 radical (unpaired) electrons. The van der Waals surface area contributed by atoms with Gasteiger partial charge in [-0.2, -0.15) is 0 Å². The highest BCUT2D eigenvalue weighted by Crippen LogP contribution is 2.02. The molecule has 2 N–H and O–H groups in total. The predicted molar refractivity (Wildman–Crippen MR) is 48.4 cm³/mol. The lowest BCUT2D eigenvalue weighted by atomic mass is 10.2. The van der Waals surface area contributed by atoms with Crippen molar-refractivity contribution in [2.75, 3.05) is 0 Å². The SMILES string of the molecule is NOC(OOCc1ccccc1)[N+](=O)[O-]. The highest BCUT2D eigenvalue weighted by molar-refractivity contribution is 5.13. The van der Waals surface area contributed by atoms with Crippen LogP contribution in [0.2, 0.25) is 0 Å². The molecule has 7 nitrogen and oxygen atoms in total. The minimum atomic E-state index is -1.81. The van der Waals surface area contributed by atoms with Crippen molar-refractivity contribution < 1.29 is 19.5 Å². The molecule has 0 aliphatic heterocycles. The summed E-state index contributed by atoms with van der Waals surface area (Å²) in [6.45, 7) is 0.0779. The van der Waals surface area contributed by atoms with E-state index in [-0.39, 0.29) is 6.61 Å². The van der Waals surface area contributed by atoms with E-state index in [0.29, 0.717) is 0 Å². The van der Waals surface area contributed by atoms with Gasteiger partial charge in [0.05, 0.1) is 4.92 Å². The molecule has 0 bridgehead atoms. The van der Waals surface area contributed by atoms with Crippen LogP contribution in [0.5, 0.6) is 0 Å². The number of benzene rings is 1. The van der Waals surface area contributed by atoms with Crippen LogP contribution >= 0.6 is 0 Å². The topological polar surface area (TPSA) is 96.9 Å². The normalized spacial score (nSPS) is 12.3. The van der Waals surface area contributed by atoms with Crippen LogP contribution < -0.4 is 5.90 Å². The third-order valence-electron chi connectivity index (χ3n) is 1.51. The van der Waals surface area contributed by atoms with E-state index in [1.54, 1.807) is 12.1 Å². The molecule has 1 unspecified atom stereocenters. The maximum atomic E-state index is 10.2. The van der Waals surface area contributed by atoms with Crippen molar-refractivity contribution in [3.05, 3.63) is 46.0 Å². The Morgan fingerprint density at radius 1 is 1.40 bits per heavy atom. The lowest BCUT2D eigenvalue weighted by Gasteiger charge is -2.06. The van der Waals surface area contributed by atoms with Crippen LogP contribution in [0, 0.1) is 10.1 Å². The van der Waals surface area contributed by atoms with E-state index < -0.39 is 11.3 Å². The number of nitro groups is 1. The van der Waals surface area contributed by atoms with Gasteiger partial charge in [-0.1, -0.05) is 30.3 Å². The molecule has 1 rings (SSSR count). The molecule has 0 saturated carbocycles. The number of hydrogen-bond acceptors (Lipinski definition) is 6. The molecule has 15 heavy (non-hydrogen) atoms. The Morgan fingerprint density at radius 2 is 2.07 bits per heavy atom. The van der Waals surface area contributed by atoms with E-state index >= 15 is 0 Å². The zero-order chi connectivity index (χ0) is 11.1. The fourth-order valence-corrected chi connectivity index (χ4v) is 0.842. The zero-order valence-corrected chi connectivity index (χ0v) is 7.74. The molecule has 1 aromatic rings. The summed E-state index contributed by atoms with van der Waals surface area (Å²) in [7, 11) is 0. The van der Waals surface area contributed by atoms with Crippen molar-refractivity contribution >= 4 is 0 Å². The lowest BCUT2D eigenvalue weighted by Crippen LogP contribution is -2.29. The third-order valence-corrected chi connectivity index (χ3v) is 1.51. The van der Waals surface area contributed by atoms with Crippen LogP contribution in [0.1, 0.15) is 5.56 Å². The molecular weight excluding hydrogens is 204 g/mol. The average molecular weight is 214 g/mol. The highest BCUT2D eigenvalue weighted by atomic mass is 17.2. The van der Waals surface area contributed by atoms with Crippen LogP contribution in [0.4, 0.5) is 0 Å². The monoisotopic (exact) mass is 214 g/mol. The molecule has 0 heterocycles. The fourth-order valence-electron chi connectivity index (χ4n) is 0.842. The molecule has 1 atom stereocenters. The summed E-state index contributed by atoms with van der Waals surface area (Å²) in [4.78, 5) is 22.1. The first-order valence-corrected chi connectivity index (χ1v) is 4.05. The van der Waals surface area contributed by atoms with Gasteiger partial charge in [0.25, 0.3) is 0 Å². The first kappa shape index (κ1) is 11.5. The molecular formula is C8H10N2O5. The van der Waals surface area contributed by atoms with Gasteiger partial charge < -0.3 is 0 Å². The first-order chi connectivity index (χ1) is 7.24. The second kappa shape index (κ2) is 6.04. The lowest BCUT2D eigenvalue weighted by molar-refractivity contribution is -0.677. The third kappa shape index (κ3) is 4.00. The van der Waals surface area contributed by atoms with Crippen molar-refractivity contribution in [3.63, 3.8) is 0 Å². The Balaban J connectivity index is 2.30. The van der Waals surface area contributed by atoms with Crippen LogP contribution in [0.15, 0.2) is 30.3 Å². The second-order valence-electron chi connectivity index (χ2n) is 2.57.